The number of rotatable bonds is 15. The minimum atomic E-state index is -4.17. The van der Waals surface area contributed by atoms with Gasteiger partial charge in [0.2, 0.25) is 11.8 Å². The van der Waals surface area contributed by atoms with Crippen LogP contribution < -0.4 is 19.1 Å². The molecule has 0 bridgehead atoms. The molecule has 1 N–H and O–H groups in total. The number of thioether (sulfide) groups is 1. The minimum absolute atomic E-state index is 0.0645. The van der Waals surface area contributed by atoms with Crippen LogP contribution in [0.25, 0.3) is 0 Å². The van der Waals surface area contributed by atoms with E-state index in [4.69, 9.17) is 9.47 Å². The molecule has 0 aromatic heterocycles. The van der Waals surface area contributed by atoms with Gasteiger partial charge in [0.05, 0.1) is 24.3 Å². The fourth-order valence-electron chi connectivity index (χ4n) is 5.49. The highest BCUT2D eigenvalue weighted by atomic mass is 32.2. The van der Waals surface area contributed by atoms with Crippen molar-refractivity contribution in [1.29, 1.82) is 0 Å². The van der Waals surface area contributed by atoms with E-state index in [0.717, 1.165) is 40.4 Å². The summed E-state index contributed by atoms with van der Waals surface area (Å²) in [5.74, 6) is 0.541. The lowest BCUT2D eigenvalue weighted by Crippen LogP contribution is -2.53. The largest absolute Gasteiger partial charge is 0.497 e. The molecule has 0 unspecified atom stereocenters. The molecule has 4 rings (SSSR count). The number of nitrogens with one attached hydrogen (secondary N) is 1. The second kappa shape index (κ2) is 16.0. The predicted octanol–water partition coefficient (Wildman–Crippen LogP) is 5.88. The quantitative estimate of drug-likeness (QED) is 0.204. The summed E-state index contributed by atoms with van der Waals surface area (Å²) >= 11 is 1.51. The summed E-state index contributed by atoms with van der Waals surface area (Å²) in [5.41, 5.74) is 1.10. The first-order chi connectivity index (χ1) is 21.7. The first-order valence-corrected chi connectivity index (χ1v) is 18.0. The van der Waals surface area contributed by atoms with Gasteiger partial charge in [-0.2, -0.15) is 0 Å². The molecule has 1 aliphatic carbocycles. The Morgan fingerprint density at radius 2 is 1.56 bits per heavy atom. The monoisotopic (exact) mass is 653 g/mol. The normalized spacial score (nSPS) is 14.0. The molecule has 1 atom stereocenters. The molecule has 1 aliphatic rings. The van der Waals surface area contributed by atoms with Gasteiger partial charge >= 0.3 is 0 Å². The topological polar surface area (TPSA) is 105 Å². The molecular formula is C34H43N3O6S2. The molecule has 1 saturated carbocycles. The smallest absolute Gasteiger partial charge is 0.264 e. The van der Waals surface area contributed by atoms with Gasteiger partial charge in [0.25, 0.3) is 10.0 Å². The van der Waals surface area contributed by atoms with Crippen molar-refractivity contribution >= 4 is 39.3 Å². The first-order valence-electron chi connectivity index (χ1n) is 15.3. The van der Waals surface area contributed by atoms with E-state index >= 15 is 0 Å². The second-order valence-electron chi connectivity index (χ2n) is 10.9. The SMILES string of the molecule is CCOc1ccc(N(CC(=O)N(Cc2ccc(OC)cc2)[C@@H](CC)C(=O)NC2CCCC2)S(=O)(=O)c2ccc(SC)cc2)cc1. The number of hydrogen-bond acceptors (Lipinski definition) is 7. The van der Waals surface area contributed by atoms with E-state index < -0.39 is 28.5 Å². The van der Waals surface area contributed by atoms with Gasteiger partial charge in [0.15, 0.2) is 0 Å². The van der Waals surface area contributed by atoms with Crippen LogP contribution in [0.5, 0.6) is 11.5 Å². The van der Waals surface area contributed by atoms with E-state index in [2.05, 4.69) is 5.32 Å². The van der Waals surface area contributed by atoms with Crippen molar-refractivity contribution in [2.75, 3.05) is 30.8 Å². The van der Waals surface area contributed by atoms with Gasteiger partial charge in [0, 0.05) is 17.5 Å². The number of amides is 2. The van der Waals surface area contributed by atoms with Crippen LogP contribution in [-0.4, -0.2) is 63.7 Å². The Morgan fingerprint density at radius 1 is 0.933 bits per heavy atom. The number of nitrogens with zero attached hydrogens (tertiary/aromatic N) is 2. The van der Waals surface area contributed by atoms with E-state index in [0.29, 0.717) is 30.2 Å². The molecule has 3 aromatic rings. The van der Waals surface area contributed by atoms with Crippen molar-refractivity contribution < 1.29 is 27.5 Å². The van der Waals surface area contributed by atoms with Gasteiger partial charge in [-0.05, 0) is 98.7 Å². The maximum Gasteiger partial charge on any atom is 0.264 e. The first kappa shape index (κ1) is 34.2. The number of methoxy groups -OCH3 is 1. The zero-order valence-corrected chi connectivity index (χ0v) is 28.0. The number of carbonyl (C=O) groups excluding carboxylic acids is 2. The van der Waals surface area contributed by atoms with Crippen molar-refractivity contribution in [3.05, 3.63) is 78.4 Å². The summed E-state index contributed by atoms with van der Waals surface area (Å²) in [4.78, 5) is 30.4. The van der Waals surface area contributed by atoms with Crippen molar-refractivity contribution in [3.63, 3.8) is 0 Å². The Hall–Kier alpha value is -3.70. The van der Waals surface area contributed by atoms with Crippen molar-refractivity contribution in [2.24, 2.45) is 0 Å². The molecular weight excluding hydrogens is 611 g/mol. The van der Waals surface area contributed by atoms with Gasteiger partial charge in [-0.1, -0.05) is 31.9 Å². The number of sulfonamides is 1. The standard InChI is InChI=1S/C34H43N3O6S2/c1-5-32(34(39)35-26-9-7-8-10-26)36(23-25-11-15-28(42-3)16-12-25)33(38)24-37(27-13-17-29(18-14-27)43-6-2)45(40,41)31-21-19-30(44-4)20-22-31/h11-22,26,32H,5-10,23-24H2,1-4H3,(H,35,39)/t32-/m0/s1. The number of benzene rings is 3. The van der Waals surface area contributed by atoms with Crippen LogP contribution in [0.15, 0.2) is 82.6 Å². The van der Waals surface area contributed by atoms with Crippen LogP contribution in [0.4, 0.5) is 5.69 Å². The van der Waals surface area contributed by atoms with Gasteiger partial charge < -0.3 is 19.7 Å². The molecule has 0 saturated heterocycles. The molecule has 3 aromatic carbocycles. The van der Waals surface area contributed by atoms with Crippen LogP contribution >= 0.6 is 11.8 Å². The van der Waals surface area contributed by atoms with Crippen molar-refractivity contribution in [1.82, 2.24) is 10.2 Å². The second-order valence-corrected chi connectivity index (χ2v) is 13.6. The van der Waals surface area contributed by atoms with Gasteiger partial charge in [-0.15, -0.1) is 11.8 Å². The van der Waals surface area contributed by atoms with Crippen LogP contribution in [-0.2, 0) is 26.2 Å². The predicted molar refractivity (Wildman–Crippen MR) is 178 cm³/mol. The fourth-order valence-corrected chi connectivity index (χ4v) is 7.32. The molecule has 11 heteroatoms. The van der Waals surface area contributed by atoms with E-state index in [1.807, 2.05) is 32.2 Å². The summed E-state index contributed by atoms with van der Waals surface area (Å²) in [5, 5.41) is 3.14. The fraction of sp³-hybridized carbons (Fsp3) is 0.412. The van der Waals surface area contributed by atoms with E-state index in [-0.39, 0.29) is 23.4 Å². The lowest BCUT2D eigenvalue weighted by Gasteiger charge is -2.34. The minimum Gasteiger partial charge on any atom is -0.497 e. The molecule has 0 spiro atoms. The van der Waals surface area contributed by atoms with Crippen LogP contribution in [0.3, 0.4) is 0 Å². The average molecular weight is 654 g/mol. The number of anilines is 1. The molecule has 9 nitrogen and oxygen atoms in total. The maximum atomic E-state index is 14.3. The van der Waals surface area contributed by atoms with Crippen LogP contribution in [0.2, 0.25) is 0 Å². The summed E-state index contributed by atoms with van der Waals surface area (Å²) in [7, 11) is -2.59. The van der Waals surface area contributed by atoms with Crippen LogP contribution in [0.1, 0.15) is 51.5 Å². The third-order valence-electron chi connectivity index (χ3n) is 7.96. The Balaban J connectivity index is 1.71. The van der Waals surface area contributed by atoms with Crippen molar-refractivity contribution in [3.8, 4) is 11.5 Å². The molecule has 0 aliphatic heterocycles. The third-order valence-corrected chi connectivity index (χ3v) is 10.5. The number of hydrogen-bond donors (Lipinski definition) is 1. The Kier molecular flexibility index (Phi) is 12.2. The summed E-state index contributed by atoms with van der Waals surface area (Å²) < 4.78 is 40.3. The lowest BCUT2D eigenvalue weighted by atomic mass is 10.1. The van der Waals surface area contributed by atoms with Crippen molar-refractivity contribution in [2.45, 2.75) is 74.4 Å². The highest BCUT2D eigenvalue weighted by Crippen LogP contribution is 2.28. The Bertz CT molecular complexity index is 1510. The summed E-state index contributed by atoms with van der Waals surface area (Å²) in [6, 6.07) is 19.8. The highest BCUT2D eigenvalue weighted by molar-refractivity contribution is 7.98. The van der Waals surface area contributed by atoms with E-state index in [1.54, 1.807) is 67.8 Å². The highest BCUT2D eigenvalue weighted by Gasteiger charge is 2.34. The molecule has 0 heterocycles. The number of ether oxygens (including phenoxy) is 2. The Labute approximate surface area is 271 Å². The Morgan fingerprint density at radius 3 is 2.11 bits per heavy atom. The third kappa shape index (κ3) is 8.73. The average Bonchev–Trinajstić information content (AvgIpc) is 3.57. The zero-order chi connectivity index (χ0) is 32.4. The summed E-state index contributed by atoms with van der Waals surface area (Å²) in [6.45, 7) is 3.82. The molecule has 45 heavy (non-hydrogen) atoms. The van der Waals surface area contributed by atoms with E-state index in [9.17, 15) is 18.0 Å². The maximum absolute atomic E-state index is 14.3. The molecule has 2 amide bonds. The summed E-state index contributed by atoms with van der Waals surface area (Å²) in [6.07, 6.45) is 6.22. The lowest BCUT2D eigenvalue weighted by molar-refractivity contribution is -0.140. The zero-order valence-electron chi connectivity index (χ0n) is 26.4. The molecule has 242 valence electrons. The number of carbonyl (C=O) groups is 2. The van der Waals surface area contributed by atoms with Gasteiger partial charge in [0.1, 0.15) is 24.1 Å². The van der Waals surface area contributed by atoms with E-state index in [1.165, 1.54) is 16.7 Å². The van der Waals surface area contributed by atoms with Gasteiger partial charge in [-0.25, -0.2) is 8.42 Å². The van der Waals surface area contributed by atoms with Crippen LogP contribution in [0, 0.1) is 0 Å². The molecule has 1 fully saturated rings. The molecule has 0 radical (unpaired) electrons. The van der Waals surface area contributed by atoms with Gasteiger partial charge in [-0.3, -0.25) is 13.9 Å².